The van der Waals surface area contributed by atoms with Crippen molar-refractivity contribution >= 4 is 5.69 Å². The molecule has 2 N–H and O–H groups in total. The molecule has 0 atom stereocenters. The molecule has 0 spiro atoms. The smallest absolute Gasteiger partial charge is 0.0314 e. The van der Waals surface area contributed by atoms with Crippen LogP contribution in [0.1, 0.15) is 0 Å². The minimum absolute atomic E-state index is 0.796. The van der Waals surface area contributed by atoms with Crippen LogP contribution in [0, 0.1) is 0 Å². The third kappa shape index (κ3) is 2.50. The number of nitrogen functional groups attached to an aromatic ring is 1. The van der Waals surface area contributed by atoms with Crippen LogP contribution in [-0.4, -0.2) is 0 Å². The Morgan fingerprint density at radius 2 is 0.789 bits per heavy atom. The average Bonchev–Trinajstić information content (AvgIpc) is 2.49. The summed E-state index contributed by atoms with van der Waals surface area (Å²) in [6, 6.07) is 27.0. The number of hydrogen-bond acceptors (Lipinski definition) is 1. The number of hydrogen-bond donors (Lipinski definition) is 1. The summed E-state index contributed by atoms with van der Waals surface area (Å²) in [6.07, 6.45) is 0. The Hall–Kier alpha value is -2.54. The maximum atomic E-state index is 5.70. The Morgan fingerprint density at radius 3 is 1.26 bits per heavy atom. The van der Waals surface area contributed by atoms with E-state index >= 15 is 0 Å². The fourth-order valence-electron chi connectivity index (χ4n) is 2.16. The highest BCUT2D eigenvalue weighted by Gasteiger charge is 1.99. The van der Waals surface area contributed by atoms with Gasteiger partial charge in [0.15, 0.2) is 0 Å². The van der Waals surface area contributed by atoms with Crippen LogP contribution in [-0.2, 0) is 0 Å². The lowest BCUT2D eigenvalue weighted by atomic mass is 10.0. The van der Waals surface area contributed by atoms with E-state index < -0.39 is 0 Å². The molecule has 0 radical (unpaired) electrons. The third-order valence-corrected chi connectivity index (χ3v) is 3.24. The fourth-order valence-corrected chi connectivity index (χ4v) is 2.16. The van der Waals surface area contributed by atoms with Crippen LogP contribution in [0.15, 0.2) is 78.9 Å². The topological polar surface area (TPSA) is 26.0 Å². The zero-order chi connectivity index (χ0) is 13.1. The van der Waals surface area contributed by atoms with Gasteiger partial charge in [-0.05, 0) is 34.4 Å². The quantitative estimate of drug-likeness (QED) is 0.656. The van der Waals surface area contributed by atoms with Crippen molar-refractivity contribution in [2.45, 2.75) is 0 Å². The molecular weight excluding hydrogens is 230 g/mol. The van der Waals surface area contributed by atoms with Gasteiger partial charge in [0, 0.05) is 5.69 Å². The molecule has 0 bridgehead atoms. The molecule has 92 valence electrons. The van der Waals surface area contributed by atoms with Crippen molar-refractivity contribution in [2.24, 2.45) is 0 Å². The molecular formula is C18H15N. The van der Waals surface area contributed by atoms with E-state index in [9.17, 15) is 0 Å². The first kappa shape index (κ1) is 11.5. The molecule has 3 aromatic carbocycles. The van der Waals surface area contributed by atoms with E-state index in [1.54, 1.807) is 0 Å². The van der Waals surface area contributed by atoms with Gasteiger partial charge in [0.1, 0.15) is 0 Å². The van der Waals surface area contributed by atoms with Gasteiger partial charge in [-0.2, -0.15) is 0 Å². The van der Waals surface area contributed by atoms with Crippen LogP contribution in [0.3, 0.4) is 0 Å². The van der Waals surface area contributed by atoms with Gasteiger partial charge in [0.2, 0.25) is 0 Å². The predicted octanol–water partition coefficient (Wildman–Crippen LogP) is 4.60. The summed E-state index contributed by atoms with van der Waals surface area (Å²) >= 11 is 0. The molecule has 0 aromatic heterocycles. The van der Waals surface area contributed by atoms with Crippen molar-refractivity contribution < 1.29 is 0 Å². The summed E-state index contributed by atoms with van der Waals surface area (Å²) in [5.74, 6) is 0. The van der Waals surface area contributed by atoms with Crippen LogP contribution >= 0.6 is 0 Å². The molecule has 0 fully saturated rings. The molecule has 0 aliphatic rings. The molecule has 0 unspecified atom stereocenters. The SMILES string of the molecule is Nc1ccc(-c2ccc(-c3ccccc3)cc2)cc1. The summed E-state index contributed by atoms with van der Waals surface area (Å²) in [4.78, 5) is 0. The van der Waals surface area contributed by atoms with E-state index in [4.69, 9.17) is 5.73 Å². The second kappa shape index (κ2) is 4.99. The molecule has 0 amide bonds. The predicted molar refractivity (Wildman–Crippen MR) is 81.7 cm³/mol. The number of benzene rings is 3. The second-order valence-corrected chi connectivity index (χ2v) is 4.57. The summed E-state index contributed by atoms with van der Waals surface area (Å²) < 4.78 is 0. The van der Waals surface area contributed by atoms with Crippen LogP contribution in [0.5, 0.6) is 0 Å². The van der Waals surface area contributed by atoms with Gasteiger partial charge in [0.05, 0.1) is 0 Å². The van der Waals surface area contributed by atoms with Crippen molar-refractivity contribution in [3.8, 4) is 22.3 Å². The van der Waals surface area contributed by atoms with Gasteiger partial charge < -0.3 is 5.73 Å². The summed E-state index contributed by atoms with van der Waals surface area (Å²) in [5, 5.41) is 0. The minimum atomic E-state index is 0.796. The molecule has 0 heterocycles. The first-order chi connectivity index (χ1) is 9.33. The lowest BCUT2D eigenvalue weighted by molar-refractivity contribution is 1.59. The second-order valence-electron chi connectivity index (χ2n) is 4.57. The van der Waals surface area contributed by atoms with E-state index in [0.29, 0.717) is 0 Å². The maximum Gasteiger partial charge on any atom is 0.0314 e. The lowest BCUT2D eigenvalue weighted by Gasteiger charge is -2.05. The molecule has 0 aliphatic heterocycles. The minimum Gasteiger partial charge on any atom is -0.399 e. The lowest BCUT2D eigenvalue weighted by Crippen LogP contribution is -1.84. The maximum absolute atomic E-state index is 5.70. The Morgan fingerprint density at radius 1 is 0.421 bits per heavy atom. The van der Waals surface area contributed by atoms with E-state index in [0.717, 1.165) is 5.69 Å². The molecule has 3 rings (SSSR count). The monoisotopic (exact) mass is 245 g/mol. The van der Waals surface area contributed by atoms with Crippen molar-refractivity contribution in [1.82, 2.24) is 0 Å². The third-order valence-electron chi connectivity index (χ3n) is 3.24. The summed E-state index contributed by atoms with van der Waals surface area (Å²) in [7, 11) is 0. The van der Waals surface area contributed by atoms with Crippen LogP contribution in [0.2, 0.25) is 0 Å². The molecule has 0 saturated heterocycles. The Balaban J connectivity index is 1.93. The summed E-state index contributed by atoms with van der Waals surface area (Å²) in [6.45, 7) is 0. The summed E-state index contributed by atoms with van der Waals surface area (Å²) in [5.41, 5.74) is 11.4. The standard InChI is InChI=1S/C18H15N/c19-18-12-10-17(11-13-18)16-8-6-15(7-9-16)14-4-2-1-3-5-14/h1-13H,19H2. The zero-order valence-corrected chi connectivity index (χ0v) is 10.6. The number of rotatable bonds is 2. The van der Waals surface area contributed by atoms with Gasteiger partial charge in [0.25, 0.3) is 0 Å². The van der Waals surface area contributed by atoms with Crippen molar-refractivity contribution in [1.29, 1.82) is 0 Å². The normalized spacial score (nSPS) is 10.3. The van der Waals surface area contributed by atoms with Crippen molar-refractivity contribution in [3.63, 3.8) is 0 Å². The molecule has 0 saturated carbocycles. The van der Waals surface area contributed by atoms with E-state index in [1.165, 1.54) is 22.3 Å². The Bertz CT molecular complexity index is 652. The average molecular weight is 245 g/mol. The number of anilines is 1. The van der Waals surface area contributed by atoms with Crippen molar-refractivity contribution in [3.05, 3.63) is 78.9 Å². The largest absolute Gasteiger partial charge is 0.399 e. The Labute approximate surface area is 113 Å². The van der Waals surface area contributed by atoms with E-state index in [1.807, 2.05) is 30.3 Å². The zero-order valence-electron chi connectivity index (χ0n) is 10.6. The fraction of sp³-hybridized carbons (Fsp3) is 0. The molecule has 19 heavy (non-hydrogen) atoms. The Kier molecular flexibility index (Phi) is 3.03. The van der Waals surface area contributed by atoms with Crippen LogP contribution in [0.4, 0.5) is 5.69 Å². The first-order valence-electron chi connectivity index (χ1n) is 6.34. The van der Waals surface area contributed by atoms with Gasteiger partial charge in [-0.25, -0.2) is 0 Å². The van der Waals surface area contributed by atoms with Crippen molar-refractivity contribution in [2.75, 3.05) is 5.73 Å². The molecule has 0 aliphatic carbocycles. The highest BCUT2D eigenvalue weighted by molar-refractivity contribution is 5.71. The van der Waals surface area contributed by atoms with Gasteiger partial charge >= 0.3 is 0 Å². The van der Waals surface area contributed by atoms with Gasteiger partial charge in [-0.3, -0.25) is 0 Å². The molecule has 1 nitrogen and oxygen atoms in total. The highest BCUT2D eigenvalue weighted by Crippen LogP contribution is 2.25. The highest BCUT2D eigenvalue weighted by atomic mass is 14.5. The van der Waals surface area contributed by atoms with Crippen LogP contribution < -0.4 is 5.73 Å². The van der Waals surface area contributed by atoms with E-state index in [-0.39, 0.29) is 0 Å². The number of nitrogens with two attached hydrogens (primary N) is 1. The molecule has 1 heteroatoms. The van der Waals surface area contributed by atoms with Gasteiger partial charge in [-0.1, -0.05) is 66.7 Å². The molecule has 3 aromatic rings. The van der Waals surface area contributed by atoms with Crippen LogP contribution in [0.25, 0.3) is 22.3 Å². The van der Waals surface area contributed by atoms with Gasteiger partial charge in [-0.15, -0.1) is 0 Å². The van der Waals surface area contributed by atoms with E-state index in [2.05, 4.69) is 48.5 Å². The first-order valence-corrected chi connectivity index (χ1v) is 6.34.